The molecule has 0 saturated heterocycles. The lowest BCUT2D eigenvalue weighted by Gasteiger charge is -2.43. The van der Waals surface area contributed by atoms with Crippen LogP contribution in [0, 0.1) is 5.92 Å². The number of rotatable bonds is 6. The van der Waals surface area contributed by atoms with Gasteiger partial charge in [0.25, 0.3) is 0 Å². The second-order valence-electron chi connectivity index (χ2n) is 6.17. The molecule has 0 aromatic carbocycles. The molecule has 0 N–H and O–H groups in total. The van der Waals surface area contributed by atoms with Crippen LogP contribution in [0.2, 0.25) is 0 Å². The largest absolute Gasteiger partial charge is 0.465 e. The maximum Gasteiger partial charge on any atom is 0.303 e. The molecular weight excluding hydrogens is 364 g/mol. The molecule has 0 aromatic rings. The standard InChI is InChI=1S/C17H24O10/c1-8(18)23-7-13-6-14(24-9(2)19)16(26-11(4)21)17(27-12(5)22)15(13)25-10(3)20/h13-17H,6-7H2,1-5H3. The normalized spacial score (nSPS) is 27.1. The van der Waals surface area contributed by atoms with E-state index in [1.165, 1.54) is 13.8 Å². The molecule has 5 unspecified atom stereocenters. The summed E-state index contributed by atoms with van der Waals surface area (Å²) in [6, 6.07) is 0. The predicted molar refractivity (Wildman–Crippen MR) is 87.0 cm³/mol. The maximum atomic E-state index is 11.6. The molecule has 1 fully saturated rings. The van der Waals surface area contributed by atoms with E-state index in [4.69, 9.17) is 23.7 Å². The third-order valence-electron chi connectivity index (χ3n) is 3.74. The number of ether oxygens (including phenoxy) is 5. The highest BCUT2D eigenvalue weighted by Crippen LogP contribution is 2.34. The van der Waals surface area contributed by atoms with Gasteiger partial charge in [-0.1, -0.05) is 0 Å². The van der Waals surface area contributed by atoms with Gasteiger partial charge in [0, 0.05) is 40.5 Å². The lowest BCUT2D eigenvalue weighted by Crippen LogP contribution is -2.59. The average Bonchev–Trinajstić information content (AvgIpc) is 2.49. The Morgan fingerprint density at radius 1 is 0.630 bits per heavy atom. The lowest BCUT2D eigenvalue weighted by atomic mass is 9.80. The van der Waals surface area contributed by atoms with Crippen LogP contribution in [0.1, 0.15) is 41.0 Å². The van der Waals surface area contributed by atoms with Gasteiger partial charge in [0.2, 0.25) is 0 Å². The van der Waals surface area contributed by atoms with Crippen LogP contribution in [0.15, 0.2) is 0 Å². The molecular formula is C17H24O10. The summed E-state index contributed by atoms with van der Waals surface area (Å²) in [6.07, 6.45) is -4.42. The van der Waals surface area contributed by atoms with E-state index in [0.717, 1.165) is 20.8 Å². The molecule has 0 bridgehead atoms. The lowest BCUT2D eigenvalue weighted by molar-refractivity contribution is -0.221. The van der Waals surface area contributed by atoms with Crippen LogP contribution in [-0.4, -0.2) is 60.9 Å². The smallest absolute Gasteiger partial charge is 0.303 e. The van der Waals surface area contributed by atoms with E-state index in [1.54, 1.807) is 0 Å². The van der Waals surface area contributed by atoms with Gasteiger partial charge >= 0.3 is 29.8 Å². The quantitative estimate of drug-likeness (QED) is 0.462. The molecule has 1 saturated carbocycles. The Kier molecular flexibility index (Phi) is 8.20. The first-order valence-electron chi connectivity index (χ1n) is 8.33. The van der Waals surface area contributed by atoms with Crippen molar-refractivity contribution < 1.29 is 47.7 Å². The highest BCUT2D eigenvalue weighted by molar-refractivity contribution is 5.69. The molecule has 10 nitrogen and oxygen atoms in total. The number of hydrogen-bond donors (Lipinski definition) is 0. The Morgan fingerprint density at radius 2 is 1.07 bits per heavy atom. The predicted octanol–water partition coefficient (Wildman–Crippen LogP) is 0.296. The zero-order valence-corrected chi connectivity index (χ0v) is 15.9. The number of carbonyl (C=O) groups is 5. The SMILES string of the molecule is CC(=O)OCC1CC(OC(C)=O)C(OC(C)=O)C(OC(C)=O)C1OC(C)=O. The maximum absolute atomic E-state index is 11.6. The zero-order valence-electron chi connectivity index (χ0n) is 15.9. The van der Waals surface area contributed by atoms with Crippen molar-refractivity contribution in [2.24, 2.45) is 5.92 Å². The Balaban J connectivity index is 3.29. The van der Waals surface area contributed by atoms with E-state index >= 15 is 0 Å². The van der Waals surface area contributed by atoms with E-state index in [1.807, 2.05) is 0 Å². The third kappa shape index (κ3) is 7.24. The van der Waals surface area contributed by atoms with Crippen molar-refractivity contribution >= 4 is 29.8 Å². The number of esters is 5. The Labute approximate surface area is 156 Å². The van der Waals surface area contributed by atoms with E-state index in [-0.39, 0.29) is 13.0 Å². The van der Waals surface area contributed by atoms with E-state index in [2.05, 4.69) is 0 Å². The van der Waals surface area contributed by atoms with Crippen LogP contribution in [0.4, 0.5) is 0 Å². The molecule has 0 amide bonds. The summed E-state index contributed by atoms with van der Waals surface area (Å²) >= 11 is 0. The van der Waals surface area contributed by atoms with Gasteiger partial charge < -0.3 is 23.7 Å². The molecule has 10 heteroatoms. The minimum atomic E-state index is -1.24. The van der Waals surface area contributed by atoms with Crippen LogP contribution < -0.4 is 0 Å². The molecule has 152 valence electrons. The van der Waals surface area contributed by atoms with E-state index in [9.17, 15) is 24.0 Å². The summed E-state index contributed by atoms with van der Waals surface area (Å²) in [7, 11) is 0. The first-order valence-corrected chi connectivity index (χ1v) is 8.33. The molecule has 0 radical (unpaired) electrons. The van der Waals surface area contributed by atoms with Gasteiger partial charge in [0.1, 0.15) is 12.2 Å². The number of hydrogen-bond acceptors (Lipinski definition) is 10. The molecule has 0 heterocycles. The van der Waals surface area contributed by atoms with Crippen molar-refractivity contribution in [1.29, 1.82) is 0 Å². The monoisotopic (exact) mass is 388 g/mol. The minimum absolute atomic E-state index is 0.0561. The highest BCUT2D eigenvalue weighted by Gasteiger charge is 2.52. The Bertz CT molecular complexity index is 599. The van der Waals surface area contributed by atoms with Gasteiger partial charge in [-0.25, -0.2) is 0 Å². The van der Waals surface area contributed by atoms with Crippen LogP contribution in [0.5, 0.6) is 0 Å². The van der Waals surface area contributed by atoms with Gasteiger partial charge in [-0.15, -0.1) is 0 Å². The van der Waals surface area contributed by atoms with Gasteiger partial charge in [0.15, 0.2) is 12.2 Å². The zero-order chi connectivity index (χ0) is 20.7. The van der Waals surface area contributed by atoms with Crippen molar-refractivity contribution in [3.05, 3.63) is 0 Å². The highest BCUT2D eigenvalue weighted by atomic mass is 16.6. The van der Waals surface area contributed by atoms with Gasteiger partial charge in [-0.3, -0.25) is 24.0 Å². The first-order chi connectivity index (χ1) is 12.5. The van der Waals surface area contributed by atoms with Crippen molar-refractivity contribution in [2.45, 2.75) is 65.5 Å². The fourth-order valence-electron chi connectivity index (χ4n) is 2.96. The molecule has 27 heavy (non-hydrogen) atoms. The molecule has 0 aliphatic heterocycles. The van der Waals surface area contributed by atoms with E-state index < -0.39 is 60.2 Å². The molecule has 1 rings (SSSR count). The summed E-state index contributed by atoms with van der Waals surface area (Å²) in [6.45, 7) is 5.64. The minimum Gasteiger partial charge on any atom is -0.465 e. The average molecular weight is 388 g/mol. The van der Waals surface area contributed by atoms with Gasteiger partial charge in [0.05, 0.1) is 6.61 Å². The first kappa shape index (κ1) is 22.4. The molecule has 1 aliphatic rings. The fraction of sp³-hybridized carbons (Fsp3) is 0.706. The van der Waals surface area contributed by atoms with Crippen LogP contribution >= 0.6 is 0 Å². The second-order valence-corrected chi connectivity index (χ2v) is 6.17. The van der Waals surface area contributed by atoms with Crippen LogP contribution in [-0.2, 0) is 47.7 Å². The molecule has 0 aromatic heterocycles. The van der Waals surface area contributed by atoms with Gasteiger partial charge in [-0.05, 0) is 6.42 Å². The molecule has 1 aliphatic carbocycles. The van der Waals surface area contributed by atoms with Crippen molar-refractivity contribution in [1.82, 2.24) is 0 Å². The fourth-order valence-corrected chi connectivity index (χ4v) is 2.96. The van der Waals surface area contributed by atoms with Gasteiger partial charge in [-0.2, -0.15) is 0 Å². The van der Waals surface area contributed by atoms with Crippen molar-refractivity contribution in [3.8, 4) is 0 Å². The van der Waals surface area contributed by atoms with Crippen molar-refractivity contribution in [2.75, 3.05) is 6.61 Å². The van der Waals surface area contributed by atoms with Crippen LogP contribution in [0.3, 0.4) is 0 Å². The topological polar surface area (TPSA) is 132 Å². The molecule has 5 atom stereocenters. The van der Waals surface area contributed by atoms with E-state index in [0.29, 0.717) is 0 Å². The summed E-state index contributed by atoms with van der Waals surface area (Å²) in [5, 5.41) is 0. The van der Waals surface area contributed by atoms with Crippen molar-refractivity contribution in [3.63, 3.8) is 0 Å². The second kappa shape index (κ2) is 9.89. The Morgan fingerprint density at radius 3 is 1.52 bits per heavy atom. The molecule has 0 spiro atoms. The summed E-state index contributed by atoms with van der Waals surface area (Å²) in [5.41, 5.74) is 0. The summed E-state index contributed by atoms with van der Waals surface area (Å²) in [5.74, 6) is -3.95. The summed E-state index contributed by atoms with van der Waals surface area (Å²) < 4.78 is 25.9. The summed E-state index contributed by atoms with van der Waals surface area (Å²) in [4.78, 5) is 57.3. The third-order valence-corrected chi connectivity index (χ3v) is 3.74. The number of carbonyl (C=O) groups excluding carboxylic acids is 5. The van der Waals surface area contributed by atoms with Crippen LogP contribution in [0.25, 0.3) is 0 Å². The Hall–Kier alpha value is -2.65.